The Morgan fingerprint density at radius 3 is 2.65 bits per heavy atom. The van der Waals surface area contributed by atoms with Crippen molar-refractivity contribution in [2.75, 3.05) is 12.3 Å². The number of hydrogen-bond acceptors (Lipinski definition) is 6. The van der Waals surface area contributed by atoms with E-state index in [-0.39, 0.29) is 11.5 Å². The second-order valence-corrected chi connectivity index (χ2v) is 5.64. The molecule has 1 unspecified atom stereocenters. The number of aromatic nitrogens is 3. The van der Waals surface area contributed by atoms with Crippen molar-refractivity contribution in [2.24, 2.45) is 5.41 Å². The maximum atomic E-state index is 5.74. The third-order valence-electron chi connectivity index (χ3n) is 2.80. The minimum atomic E-state index is -0.223. The summed E-state index contributed by atoms with van der Waals surface area (Å²) in [5.74, 6) is 0.905. The summed E-state index contributed by atoms with van der Waals surface area (Å²) in [5, 5.41) is 4.02. The summed E-state index contributed by atoms with van der Waals surface area (Å²) in [5.41, 5.74) is 6.68. The molecule has 6 nitrogen and oxygen atoms in total. The van der Waals surface area contributed by atoms with Crippen molar-refractivity contribution in [3.8, 4) is 11.6 Å². The van der Waals surface area contributed by atoms with Crippen LogP contribution in [0.25, 0.3) is 11.6 Å². The Labute approximate surface area is 118 Å². The van der Waals surface area contributed by atoms with Crippen molar-refractivity contribution in [1.82, 2.24) is 15.1 Å². The van der Waals surface area contributed by atoms with Gasteiger partial charge in [0.05, 0.1) is 11.9 Å². The highest BCUT2D eigenvalue weighted by molar-refractivity contribution is 5.50. The van der Waals surface area contributed by atoms with Crippen LogP contribution in [0.2, 0.25) is 0 Å². The first-order valence-corrected chi connectivity index (χ1v) is 6.59. The number of rotatable bonds is 4. The fourth-order valence-electron chi connectivity index (χ4n) is 1.86. The van der Waals surface area contributed by atoms with Crippen LogP contribution in [0.1, 0.15) is 39.6 Å². The maximum absolute atomic E-state index is 5.74. The van der Waals surface area contributed by atoms with Gasteiger partial charge in [0.2, 0.25) is 5.82 Å². The summed E-state index contributed by atoms with van der Waals surface area (Å²) in [7, 11) is 0. The van der Waals surface area contributed by atoms with E-state index in [4.69, 9.17) is 15.0 Å². The van der Waals surface area contributed by atoms with Gasteiger partial charge in [-0.05, 0) is 24.5 Å². The molecule has 0 aliphatic carbocycles. The van der Waals surface area contributed by atoms with Crippen LogP contribution in [0.3, 0.4) is 0 Å². The standard InChI is InChI=1S/C14H20N4O2/c1-5-19-11(14(2,3)4)12-17-13(20-18-12)10-7-6-9(15)8-16-10/h6-8,11H,5,15H2,1-4H3. The zero-order valence-electron chi connectivity index (χ0n) is 12.3. The van der Waals surface area contributed by atoms with Crippen LogP contribution in [0, 0.1) is 5.41 Å². The molecule has 0 radical (unpaired) electrons. The third kappa shape index (κ3) is 3.14. The maximum Gasteiger partial charge on any atom is 0.276 e. The molecule has 0 bridgehead atoms. The van der Waals surface area contributed by atoms with Crippen LogP contribution in [0.4, 0.5) is 5.69 Å². The highest BCUT2D eigenvalue weighted by Crippen LogP contribution is 2.35. The van der Waals surface area contributed by atoms with Crippen molar-refractivity contribution in [1.29, 1.82) is 0 Å². The molecule has 2 aromatic rings. The predicted molar refractivity (Wildman–Crippen MR) is 75.8 cm³/mol. The lowest BCUT2D eigenvalue weighted by Gasteiger charge is -2.27. The molecule has 108 valence electrons. The van der Waals surface area contributed by atoms with Gasteiger partial charge in [0.1, 0.15) is 11.8 Å². The van der Waals surface area contributed by atoms with Crippen LogP contribution in [0.5, 0.6) is 0 Å². The molecule has 2 rings (SSSR count). The molecule has 0 aliphatic heterocycles. The molecule has 0 saturated heterocycles. The topological polar surface area (TPSA) is 87.1 Å². The molecule has 0 aromatic carbocycles. The average molecular weight is 276 g/mol. The molecular formula is C14H20N4O2. The molecule has 0 fully saturated rings. The number of anilines is 1. The van der Waals surface area contributed by atoms with Crippen LogP contribution in [-0.2, 0) is 4.74 Å². The molecule has 0 amide bonds. The highest BCUT2D eigenvalue weighted by atomic mass is 16.5. The first-order chi connectivity index (χ1) is 9.41. The summed E-state index contributed by atoms with van der Waals surface area (Å²) in [6, 6.07) is 3.50. The Morgan fingerprint density at radius 1 is 1.35 bits per heavy atom. The second-order valence-electron chi connectivity index (χ2n) is 5.64. The molecule has 0 saturated carbocycles. The van der Waals surface area contributed by atoms with Gasteiger partial charge in [-0.3, -0.25) is 0 Å². The Morgan fingerprint density at radius 2 is 2.10 bits per heavy atom. The van der Waals surface area contributed by atoms with E-state index in [9.17, 15) is 0 Å². The molecule has 0 spiro atoms. The van der Waals surface area contributed by atoms with E-state index in [1.54, 1.807) is 18.3 Å². The minimum Gasteiger partial charge on any atom is -0.397 e. The van der Waals surface area contributed by atoms with Gasteiger partial charge in [-0.15, -0.1) is 0 Å². The van der Waals surface area contributed by atoms with Gasteiger partial charge in [0, 0.05) is 6.61 Å². The normalized spacial score (nSPS) is 13.4. The quantitative estimate of drug-likeness (QED) is 0.923. The van der Waals surface area contributed by atoms with Crippen molar-refractivity contribution >= 4 is 5.69 Å². The van der Waals surface area contributed by atoms with E-state index in [1.807, 2.05) is 6.92 Å². The number of nitrogens with zero attached hydrogens (tertiary/aromatic N) is 3. The van der Waals surface area contributed by atoms with Gasteiger partial charge in [0.25, 0.3) is 5.89 Å². The lowest BCUT2D eigenvalue weighted by Crippen LogP contribution is -2.22. The molecule has 1 atom stereocenters. The summed E-state index contributed by atoms with van der Waals surface area (Å²) in [4.78, 5) is 8.56. The van der Waals surface area contributed by atoms with Crippen LogP contribution in [-0.4, -0.2) is 21.7 Å². The smallest absolute Gasteiger partial charge is 0.276 e. The van der Waals surface area contributed by atoms with Gasteiger partial charge in [0.15, 0.2) is 0 Å². The molecule has 20 heavy (non-hydrogen) atoms. The minimum absolute atomic E-state index is 0.119. The number of hydrogen-bond donors (Lipinski definition) is 1. The molecular weight excluding hydrogens is 256 g/mol. The van der Waals surface area contributed by atoms with Crippen molar-refractivity contribution in [3.63, 3.8) is 0 Å². The lowest BCUT2D eigenvalue weighted by atomic mass is 9.88. The van der Waals surface area contributed by atoms with Crippen molar-refractivity contribution < 1.29 is 9.26 Å². The van der Waals surface area contributed by atoms with Gasteiger partial charge in [-0.2, -0.15) is 4.98 Å². The number of nitrogens with two attached hydrogens (primary N) is 1. The van der Waals surface area contributed by atoms with E-state index in [0.29, 0.717) is 29.7 Å². The Hall–Kier alpha value is -1.95. The number of pyridine rings is 1. The van der Waals surface area contributed by atoms with E-state index >= 15 is 0 Å². The first-order valence-electron chi connectivity index (χ1n) is 6.59. The monoisotopic (exact) mass is 276 g/mol. The van der Waals surface area contributed by atoms with Crippen LogP contribution in [0.15, 0.2) is 22.9 Å². The van der Waals surface area contributed by atoms with Crippen molar-refractivity contribution in [2.45, 2.75) is 33.8 Å². The first kappa shape index (κ1) is 14.5. The second kappa shape index (κ2) is 5.58. The summed E-state index contributed by atoms with van der Waals surface area (Å²) >= 11 is 0. The van der Waals surface area contributed by atoms with Crippen molar-refractivity contribution in [3.05, 3.63) is 24.2 Å². The molecule has 0 aliphatic rings. The highest BCUT2D eigenvalue weighted by Gasteiger charge is 2.31. The van der Waals surface area contributed by atoms with E-state index in [1.165, 1.54) is 0 Å². The van der Waals surface area contributed by atoms with E-state index in [2.05, 4.69) is 35.9 Å². The Bertz CT molecular complexity index is 557. The lowest BCUT2D eigenvalue weighted by molar-refractivity contribution is -0.0203. The number of ether oxygens (including phenoxy) is 1. The van der Waals surface area contributed by atoms with Crippen LogP contribution >= 0.6 is 0 Å². The molecule has 2 aromatic heterocycles. The van der Waals surface area contributed by atoms with Gasteiger partial charge >= 0.3 is 0 Å². The van der Waals surface area contributed by atoms with Gasteiger partial charge in [-0.25, -0.2) is 4.98 Å². The van der Waals surface area contributed by atoms with Gasteiger partial charge in [-0.1, -0.05) is 25.9 Å². The largest absolute Gasteiger partial charge is 0.397 e. The van der Waals surface area contributed by atoms with E-state index in [0.717, 1.165) is 0 Å². The zero-order chi connectivity index (χ0) is 14.8. The number of nitrogen functional groups attached to an aromatic ring is 1. The summed E-state index contributed by atoms with van der Waals surface area (Å²) in [6.45, 7) is 8.76. The zero-order valence-corrected chi connectivity index (χ0v) is 12.3. The SMILES string of the molecule is CCOC(c1noc(-c2ccc(N)cn2)n1)C(C)(C)C. The predicted octanol–water partition coefficient (Wildman–Crippen LogP) is 2.84. The fourth-order valence-corrected chi connectivity index (χ4v) is 1.86. The fraction of sp³-hybridized carbons (Fsp3) is 0.500. The summed E-state index contributed by atoms with van der Waals surface area (Å²) in [6.07, 6.45) is 1.34. The van der Waals surface area contributed by atoms with Crippen LogP contribution < -0.4 is 5.73 Å². The molecule has 2 heterocycles. The molecule has 2 N–H and O–H groups in total. The average Bonchev–Trinajstić information content (AvgIpc) is 2.84. The molecule has 6 heteroatoms. The van der Waals surface area contributed by atoms with E-state index < -0.39 is 0 Å². The Balaban J connectivity index is 2.29. The third-order valence-corrected chi connectivity index (χ3v) is 2.80. The van der Waals surface area contributed by atoms with Gasteiger partial charge < -0.3 is 15.0 Å². The summed E-state index contributed by atoms with van der Waals surface area (Å²) < 4.78 is 11.0. The Kier molecular flexibility index (Phi) is 4.04.